The summed E-state index contributed by atoms with van der Waals surface area (Å²) >= 11 is 0. The topological polar surface area (TPSA) is 127 Å². The first kappa shape index (κ1) is 33.2. The van der Waals surface area contributed by atoms with Crippen LogP contribution in [-0.4, -0.2) is 53.5 Å². The van der Waals surface area contributed by atoms with Gasteiger partial charge >= 0.3 is 0 Å². The van der Waals surface area contributed by atoms with Crippen LogP contribution >= 0.6 is 0 Å². The lowest BCUT2D eigenvalue weighted by Crippen LogP contribution is -2.15. The monoisotopic (exact) mass is 731 g/mol. The molecule has 0 atom stereocenters. The molecular formula is C39H33N5O6S2. The van der Waals surface area contributed by atoms with Gasteiger partial charge in [0.25, 0.3) is 20.0 Å². The van der Waals surface area contributed by atoms with Crippen molar-refractivity contribution in [2.75, 3.05) is 14.2 Å². The van der Waals surface area contributed by atoms with Gasteiger partial charge in [0.2, 0.25) is 0 Å². The number of benzene rings is 4. The molecule has 0 radical (unpaired) electrons. The Labute approximate surface area is 300 Å². The Morgan fingerprint density at radius 1 is 0.615 bits per heavy atom. The normalized spacial score (nSPS) is 12.2. The third kappa shape index (κ3) is 5.15. The van der Waals surface area contributed by atoms with Gasteiger partial charge in [0, 0.05) is 40.5 Å². The highest BCUT2D eigenvalue weighted by Crippen LogP contribution is 2.41. The Hall–Kier alpha value is -5.92. The molecule has 11 nitrogen and oxygen atoms in total. The van der Waals surface area contributed by atoms with Crippen molar-refractivity contribution in [3.05, 3.63) is 121 Å². The van der Waals surface area contributed by atoms with E-state index in [1.807, 2.05) is 49.7 Å². The fraction of sp³-hybridized carbons (Fsp3) is 0.128. The largest absolute Gasteiger partial charge is 0.497 e. The second kappa shape index (κ2) is 12.1. The molecule has 8 rings (SSSR count). The maximum absolute atomic E-state index is 14.7. The van der Waals surface area contributed by atoms with Crippen molar-refractivity contribution in [3.8, 4) is 34.1 Å². The number of rotatable bonds is 8. The second-order valence-electron chi connectivity index (χ2n) is 12.6. The third-order valence-electron chi connectivity index (χ3n) is 9.44. The van der Waals surface area contributed by atoms with E-state index in [0.717, 1.165) is 22.0 Å². The molecule has 4 aromatic carbocycles. The van der Waals surface area contributed by atoms with Gasteiger partial charge in [-0.2, -0.15) is 0 Å². The summed E-state index contributed by atoms with van der Waals surface area (Å²) in [6.07, 6.45) is 2.82. The molecular weight excluding hydrogens is 699 g/mol. The van der Waals surface area contributed by atoms with E-state index in [2.05, 4.69) is 9.97 Å². The molecule has 13 heteroatoms. The summed E-state index contributed by atoms with van der Waals surface area (Å²) in [6, 6.07) is 27.7. The Kier molecular flexibility index (Phi) is 7.73. The lowest BCUT2D eigenvalue weighted by molar-refractivity contribution is 0.415. The summed E-state index contributed by atoms with van der Waals surface area (Å²) in [4.78, 5) is 9.43. The number of aryl methyl sites for hydroxylation is 3. The number of aromatic nitrogens is 5. The summed E-state index contributed by atoms with van der Waals surface area (Å²) in [5.74, 6) is 1.17. The summed E-state index contributed by atoms with van der Waals surface area (Å²) in [5.41, 5.74) is 5.00. The first-order valence-corrected chi connectivity index (χ1v) is 19.1. The SMILES string of the molecule is COc1ccc2c(c1)cc(-c1cc3c(-c4cn(S(=O)(=O)c5ccc(C)cc5)c5ccc(OC)cc45)ncnc3n1S(=O)(=O)c1ccc(C)cc1)n2C. The van der Waals surface area contributed by atoms with Gasteiger partial charge in [0.05, 0.1) is 46.6 Å². The van der Waals surface area contributed by atoms with Crippen molar-refractivity contribution < 1.29 is 26.3 Å². The number of ether oxygens (including phenoxy) is 2. The molecule has 0 aliphatic rings. The van der Waals surface area contributed by atoms with Crippen molar-refractivity contribution in [2.24, 2.45) is 7.05 Å². The molecule has 8 aromatic rings. The van der Waals surface area contributed by atoms with Gasteiger partial charge < -0.3 is 14.0 Å². The lowest BCUT2D eigenvalue weighted by atomic mass is 10.1. The molecule has 0 bridgehead atoms. The maximum Gasteiger partial charge on any atom is 0.269 e. The van der Waals surface area contributed by atoms with Crippen LogP contribution in [0, 0.1) is 13.8 Å². The van der Waals surface area contributed by atoms with Gasteiger partial charge in [0.15, 0.2) is 5.65 Å². The molecule has 0 fully saturated rings. The molecule has 0 spiro atoms. The van der Waals surface area contributed by atoms with E-state index in [0.29, 0.717) is 50.4 Å². The fourth-order valence-corrected chi connectivity index (χ4v) is 9.50. The average Bonchev–Trinajstić information content (AvgIpc) is 3.83. The number of fused-ring (bicyclic) bond motifs is 3. The van der Waals surface area contributed by atoms with E-state index in [1.165, 1.54) is 27.6 Å². The molecule has 0 aliphatic carbocycles. The fourth-order valence-electron chi connectivity index (χ4n) is 6.66. The standard InChI is InChI=1S/C39H33N5O6S2/c1-24-6-12-29(13-7-24)51(45,46)43-22-33(31-20-28(50-5)11-17-35(31)43)38-32-21-37(36-19-26-18-27(49-4)10-16-34(26)42(36)3)44(39(32)41-23-40-38)52(47,48)30-14-8-25(2)9-15-30/h6-23H,1-5H3. The van der Waals surface area contributed by atoms with Crippen LogP contribution < -0.4 is 9.47 Å². The minimum atomic E-state index is -4.23. The Morgan fingerprint density at radius 3 is 1.85 bits per heavy atom. The number of hydrogen-bond acceptors (Lipinski definition) is 8. The van der Waals surface area contributed by atoms with Crippen molar-refractivity contribution in [1.82, 2.24) is 22.5 Å². The Bertz CT molecular complexity index is 2920. The van der Waals surface area contributed by atoms with Crippen LogP contribution in [0.3, 0.4) is 0 Å². The molecule has 4 aromatic heterocycles. The van der Waals surface area contributed by atoms with Gasteiger partial charge in [0.1, 0.15) is 17.8 Å². The zero-order chi connectivity index (χ0) is 36.5. The van der Waals surface area contributed by atoms with Crippen LogP contribution in [0.25, 0.3) is 55.5 Å². The minimum Gasteiger partial charge on any atom is -0.497 e. The predicted octanol–water partition coefficient (Wildman–Crippen LogP) is 7.32. The smallest absolute Gasteiger partial charge is 0.269 e. The van der Waals surface area contributed by atoms with E-state index in [1.54, 1.807) is 79.9 Å². The van der Waals surface area contributed by atoms with Crippen LogP contribution in [0.15, 0.2) is 119 Å². The van der Waals surface area contributed by atoms with Gasteiger partial charge in [-0.15, -0.1) is 0 Å². The molecule has 0 unspecified atom stereocenters. The summed E-state index contributed by atoms with van der Waals surface area (Å²) in [7, 11) is -3.29. The van der Waals surface area contributed by atoms with Crippen LogP contribution in [0.4, 0.5) is 0 Å². The van der Waals surface area contributed by atoms with E-state index in [9.17, 15) is 16.8 Å². The summed E-state index contributed by atoms with van der Waals surface area (Å²) in [5, 5.41) is 1.80. The van der Waals surface area contributed by atoms with E-state index < -0.39 is 20.0 Å². The first-order chi connectivity index (χ1) is 24.9. The summed E-state index contributed by atoms with van der Waals surface area (Å²) in [6.45, 7) is 3.78. The summed E-state index contributed by atoms with van der Waals surface area (Å²) < 4.78 is 73.1. The number of methoxy groups -OCH3 is 2. The quantitative estimate of drug-likeness (QED) is 0.159. The second-order valence-corrected chi connectivity index (χ2v) is 16.2. The molecule has 0 N–H and O–H groups in total. The average molecular weight is 732 g/mol. The minimum absolute atomic E-state index is 0.0861. The molecule has 4 heterocycles. The highest BCUT2D eigenvalue weighted by Gasteiger charge is 2.30. The van der Waals surface area contributed by atoms with Gasteiger partial charge in [-0.05, 0) is 86.6 Å². The highest BCUT2D eigenvalue weighted by molar-refractivity contribution is 7.90. The molecule has 0 saturated carbocycles. The third-order valence-corrected chi connectivity index (χ3v) is 12.8. The van der Waals surface area contributed by atoms with E-state index >= 15 is 0 Å². The molecule has 262 valence electrons. The van der Waals surface area contributed by atoms with Crippen LogP contribution in [0.1, 0.15) is 11.1 Å². The first-order valence-electron chi connectivity index (χ1n) is 16.3. The van der Waals surface area contributed by atoms with E-state index in [4.69, 9.17) is 9.47 Å². The van der Waals surface area contributed by atoms with Gasteiger partial charge in [-0.25, -0.2) is 34.7 Å². The van der Waals surface area contributed by atoms with Gasteiger partial charge in [-0.3, -0.25) is 0 Å². The van der Waals surface area contributed by atoms with Gasteiger partial charge in [-0.1, -0.05) is 35.4 Å². The maximum atomic E-state index is 14.7. The van der Waals surface area contributed by atoms with Crippen molar-refractivity contribution in [3.63, 3.8) is 0 Å². The van der Waals surface area contributed by atoms with E-state index in [-0.39, 0.29) is 15.4 Å². The van der Waals surface area contributed by atoms with Crippen molar-refractivity contribution in [1.29, 1.82) is 0 Å². The number of nitrogens with zero attached hydrogens (tertiary/aromatic N) is 5. The predicted molar refractivity (Wildman–Crippen MR) is 201 cm³/mol. The van der Waals surface area contributed by atoms with Crippen molar-refractivity contribution in [2.45, 2.75) is 23.6 Å². The zero-order valence-corrected chi connectivity index (χ0v) is 30.5. The lowest BCUT2D eigenvalue weighted by Gasteiger charge is -2.13. The molecule has 0 aliphatic heterocycles. The Morgan fingerprint density at radius 2 is 1.21 bits per heavy atom. The Balaban J connectivity index is 1.44. The molecule has 0 amide bonds. The van der Waals surface area contributed by atoms with Crippen LogP contribution in [0.2, 0.25) is 0 Å². The van der Waals surface area contributed by atoms with Crippen LogP contribution in [0.5, 0.6) is 11.5 Å². The highest BCUT2D eigenvalue weighted by atomic mass is 32.2. The van der Waals surface area contributed by atoms with Crippen LogP contribution in [-0.2, 0) is 27.1 Å². The van der Waals surface area contributed by atoms with Crippen molar-refractivity contribution >= 4 is 52.9 Å². The molecule has 52 heavy (non-hydrogen) atoms. The number of hydrogen-bond donors (Lipinski definition) is 0. The zero-order valence-electron chi connectivity index (χ0n) is 28.9. The molecule has 0 saturated heterocycles.